The lowest BCUT2D eigenvalue weighted by Crippen LogP contribution is -2.14. The molecule has 0 heterocycles. The lowest BCUT2D eigenvalue weighted by molar-refractivity contribution is 0.102. The first-order valence-electron chi connectivity index (χ1n) is 5.67. The quantitative estimate of drug-likeness (QED) is 0.759. The fourth-order valence-electron chi connectivity index (χ4n) is 1.60. The molecular weight excluding hydrogens is 279 g/mol. The van der Waals surface area contributed by atoms with E-state index in [1.807, 2.05) is 0 Å². The highest BCUT2D eigenvalue weighted by Crippen LogP contribution is 2.17. The van der Waals surface area contributed by atoms with Crippen LogP contribution >= 0.6 is 12.2 Å². The number of rotatable bonds is 3. The number of amides is 1. The molecule has 0 saturated carbocycles. The zero-order chi connectivity index (χ0) is 14.7. The monoisotopic (exact) mass is 290 g/mol. The second kappa shape index (κ2) is 5.66. The maximum Gasteiger partial charge on any atom is 0.258 e. The Labute approximate surface area is 120 Å². The van der Waals surface area contributed by atoms with E-state index in [1.165, 1.54) is 12.1 Å². The van der Waals surface area contributed by atoms with E-state index in [2.05, 4.69) is 5.32 Å². The highest BCUT2D eigenvalue weighted by atomic mass is 32.1. The summed E-state index contributed by atoms with van der Waals surface area (Å²) in [7, 11) is 0. The van der Waals surface area contributed by atoms with Crippen molar-refractivity contribution in [2.75, 3.05) is 5.32 Å². The van der Waals surface area contributed by atoms with Gasteiger partial charge in [0.1, 0.15) is 16.6 Å². The summed E-state index contributed by atoms with van der Waals surface area (Å²) in [6, 6.07) is 9.88. The number of nitrogens with one attached hydrogen (secondary N) is 1. The van der Waals surface area contributed by atoms with Crippen molar-refractivity contribution in [2.45, 2.75) is 0 Å². The van der Waals surface area contributed by atoms with Crippen LogP contribution in [0.3, 0.4) is 0 Å². The number of hydrogen-bond acceptors (Lipinski definition) is 3. The van der Waals surface area contributed by atoms with Gasteiger partial charge in [0, 0.05) is 17.3 Å². The Kier molecular flexibility index (Phi) is 3.95. The minimum Gasteiger partial charge on any atom is -0.508 e. The van der Waals surface area contributed by atoms with Crippen molar-refractivity contribution in [3.05, 3.63) is 59.4 Å². The number of phenols is 1. The average Bonchev–Trinajstić information content (AvgIpc) is 2.39. The van der Waals surface area contributed by atoms with Crippen molar-refractivity contribution in [1.82, 2.24) is 0 Å². The van der Waals surface area contributed by atoms with Crippen LogP contribution in [-0.4, -0.2) is 16.0 Å². The average molecular weight is 290 g/mol. The molecule has 0 aromatic heterocycles. The molecule has 2 rings (SSSR count). The predicted octanol–water partition coefficient (Wildman–Crippen LogP) is 2.42. The van der Waals surface area contributed by atoms with Gasteiger partial charge in [0.15, 0.2) is 0 Å². The SMILES string of the molecule is NC(=S)c1ccc(NC(=O)c2ccc(O)cc2F)cc1. The van der Waals surface area contributed by atoms with Gasteiger partial charge in [0.25, 0.3) is 5.91 Å². The maximum absolute atomic E-state index is 13.5. The van der Waals surface area contributed by atoms with Crippen LogP contribution in [0.25, 0.3) is 0 Å². The largest absolute Gasteiger partial charge is 0.508 e. The summed E-state index contributed by atoms with van der Waals surface area (Å²) in [5.74, 6) is -1.63. The van der Waals surface area contributed by atoms with Crippen molar-refractivity contribution in [1.29, 1.82) is 0 Å². The number of hydrogen-bond donors (Lipinski definition) is 3. The molecule has 102 valence electrons. The summed E-state index contributed by atoms with van der Waals surface area (Å²) in [5.41, 5.74) is 6.47. The van der Waals surface area contributed by atoms with E-state index in [-0.39, 0.29) is 16.3 Å². The summed E-state index contributed by atoms with van der Waals surface area (Å²) in [5, 5.41) is 11.6. The van der Waals surface area contributed by atoms with Crippen molar-refractivity contribution >= 4 is 28.8 Å². The molecule has 0 atom stereocenters. The zero-order valence-corrected chi connectivity index (χ0v) is 11.1. The van der Waals surface area contributed by atoms with E-state index in [4.69, 9.17) is 23.1 Å². The lowest BCUT2D eigenvalue weighted by Gasteiger charge is -2.07. The van der Waals surface area contributed by atoms with Crippen LogP contribution in [0.4, 0.5) is 10.1 Å². The van der Waals surface area contributed by atoms with Crippen LogP contribution in [0.15, 0.2) is 42.5 Å². The third kappa shape index (κ3) is 3.10. The smallest absolute Gasteiger partial charge is 0.258 e. The van der Waals surface area contributed by atoms with E-state index >= 15 is 0 Å². The van der Waals surface area contributed by atoms with Crippen LogP contribution in [0.1, 0.15) is 15.9 Å². The first kappa shape index (κ1) is 14.0. The fraction of sp³-hybridized carbons (Fsp3) is 0. The number of anilines is 1. The van der Waals surface area contributed by atoms with Crippen molar-refractivity contribution in [3.63, 3.8) is 0 Å². The van der Waals surface area contributed by atoms with E-state index in [0.717, 1.165) is 6.07 Å². The van der Waals surface area contributed by atoms with Gasteiger partial charge in [0.05, 0.1) is 5.56 Å². The molecule has 0 aliphatic heterocycles. The van der Waals surface area contributed by atoms with Gasteiger partial charge in [-0.1, -0.05) is 12.2 Å². The predicted molar refractivity (Wildman–Crippen MR) is 78.3 cm³/mol. The molecule has 0 bridgehead atoms. The third-order valence-electron chi connectivity index (χ3n) is 2.62. The molecule has 4 N–H and O–H groups in total. The fourth-order valence-corrected chi connectivity index (χ4v) is 1.74. The molecule has 2 aromatic rings. The van der Waals surface area contributed by atoms with Crippen LogP contribution in [-0.2, 0) is 0 Å². The van der Waals surface area contributed by atoms with Crippen LogP contribution in [0.2, 0.25) is 0 Å². The van der Waals surface area contributed by atoms with E-state index in [1.54, 1.807) is 24.3 Å². The van der Waals surface area contributed by atoms with Crippen LogP contribution in [0.5, 0.6) is 5.75 Å². The number of nitrogens with two attached hydrogens (primary N) is 1. The molecule has 20 heavy (non-hydrogen) atoms. The van der Waals surface area contributed by atoms with Gasteiger partial charge >= 0.3 is 0 Å². The molecule has 0 aliphatic carbocycles. The first-order valence-corrected chi connectivity index (χ1v) is 6.08. The second-order valence-corrected chi connectivity index (χ2v) is 4.50. The van der Waals surface area contributed by atoms with Gasteiger partial charge in [0.2, 0.25) is 0 Å². The molecule has 2 aromatic carbocycles. The molecule has 1 amide bonds. The van der Waals surface area contributed by atoms with E-state index in [9.17, 15) is 9.18 Å². The van der Waals surface area contributed by atoms with Gasteiger partial charge in [-0.05, 0) is 36.4 Å². The number of carbonyl (C=O) groups excluding carboxylic acids is 1. The second-order valence-electron chi connectivity index (χ2n) is 4.06. The molecule has 4 nitrogen and oxygen atoms in total. The van der Waals surface area contributed by atoms with Gasteiger partial charge in [-0.3, -0.25) is 4.79 Å². The zero-order valence-electron chi connectivity index (χ0n) is 10.3. The molecule has 0 fully saturated rings. The summed E-state index contributed by atoms with van der Waals surface area (Å²) in [4.78, 5) is 12.1. The number of carbonyl (C=O) groups is 1. The molecule has 0 radical (unpaired) electrons. The van der Waals surface area contributed by atoms with E-state index < -0.39 is 11.7 Å². The third-order valence-corrected chi connectivity index (χ3v) is 2.86. The van der Waals surface area contributed by atoms with Gasteiger partial charge in [-0.2, -0.15) is 0 Å². The van der Waals surface area contributed by atoms with Gasteiger partial charge in [-0.25, -0.2) is 4.39 Å². The number of halogens is 1. The maximum atomic E-state index is 13.5. The number of thiocarbonyl (C=S) groups is 1. The lowest BCUT2D eigenvalue weighted by atomic mass is 10.1. The molecule has 0 spiro atoms. The Hall–Kier alpha value is -2.47. The highest BCUT2D eigenvalue weighted by Gasteiger charge is 2.12. The molecule has 0 saturated heterocycles. The number of benzene rings is 2. The Balaban J connectivity index is 2.17. The Morgan fingerprint density at radius 2 is 1.85 bits per heavy atom. The Bertz CT molecular complexity index is 671. The summed E-state index contributed by atoms with van der Waals surface area (Å²) >= 11 is 4.82. The Morgan fingerprint density at radius 1 is 1.20 bits per heavy atom. The normalized spacial score (nSPS) is 10.1. The first-order chi connectivity index (χ1) is 9.47. The molecular formula is C14H11FN2O2S. The summed E-state index contributed by atoms with van der Waals surface area (Å²) in [6.07, 6.45) is 0. The van der Waals surface area contributed by atoms with Crippen LogP contribution < -0.4 is 11.1 Å². The van der Waals surface area contributed by atoms with Gasteiger partial charge < -0.3 is 16.2 Å². The number of aromatic hydroxyl groups is 1. The van der Waals surface area contributed by atoms with E-state index in [0.29, 0.717) is 11.3 Å². The summed E-state index contributed by atoms with van der Waals surface area (Å²) in [6.45, 7) is 0. The minimum atomic E-state index is -0.790. The minimum absolute atomic E-state index is 0.152. The highest BCUT2D eigenvalue weighted by molar-refractivity contribution is 7.80. The molecule has 0 aliphatic rings. The molecule has 0 unspecified atom stereocenters. The summed E-state index contributed by atoms with van der Waals surface area (Å²) < 4.78 is 13.5. The van der Waals surface area contributed by atoms with Gasteiger partial charge in [-0.15, -0.1) is 0 Å². The van der Waals surface area contributed by atoms with Crippen molar-refractivity contribution in [2.24, 2.45) is 5.73 Å². The topological polar surface area (TPSA) is 75.3 Å². The number of phenolic OH excluding ortho intramolecular Hbond substituents is 1. The standard InChI is InChI=1S/C14H11FN2O2S/c15-12-7-10(18)5-6-11(12)14(19)17-9-3-1-8(2-4-9)13(16)20/h1-7,18H,(H2,16,20)(H,17,19). The molecule has 6 heteroatoms. The Morgan fingerprint density at radius 3 is 2.40 bits per heavy atom. The van der Waals surface area contributed by atoms with Crippen LogP contribution in [0, 0.1) is 5.82 Å². The van der Waals surface area contributed by atoms with Crippen molar-refractivity contribution in [3.8, 4) is 5.75 Å². The van der Waals surface area contributed by atoms with Crippen molar-refractivity contribution < 1.29 is 14.3 Å².